The Hall–Kier alpha value is -2.82. The molecule has 5 heteroatoms. The maximum atomic E-state index is 13.8. The molecule has 2 aromatic rings. The summed E-state index contributed by atoms with van der Waals surface area (Å²) >= 11 is 0. The first kappa shape index (κ1) is 14.6. The summed E-state index contributed by atoms with van der Waals surface area (Å²) in [4.78, 5) is 0. The van der Waals surface area contributed by atoms with E-state index < -0.39 is 5.82 Å². The first-order valence-corrected chi connectivity index (χ1v) is 6.29. The molecule has 0 aliphatic heterocycles. The topological polar surface area (TPSA) is 82.1 Å². The first-order chi connectivity index (χ1) is 9.90. The zero-order valence-corrected chi connectivity index (χ0v) is 11.6. The molecule has 0 fully saturated rings. The van der Waals surface area contributed by atoms with Crippen molar-refractivity contribution in [1.29, 1.82) is 5.41 Å². The van der Waals surface area contributed by atoms with Crippen molar-refractivity contribution in [2.24, 2.45) is 5.73 Å². The van der Waals surface area contributed by atoms with Crippen LogP contribution in [0.15, 0.2) is 43.0 Å². The Morgan fingerprint density at radius 1 is 1.33 bits per heavy atom. The van der Waals surface area contributed by atoms with Gasteiger partial charge in [-0.3, -0.25) is 5.41 Å². The molecule has 0 amide bonds. The zero-order chi connectivity index (χ0) is 15.6. The predicted octanol–water partition coefficient (Wildman–Crippen LogP) is 3.21. The molecule has 5 N–H and O–H groups in total. The van der Waals surface area contributed by atoms with Crippen LogP contribution in [-0.2, 0) is 0 Å². The summed E-state index contributed by atoms with van der Waals surface area (Å²) in [6.45, 7) is 5.64. The molecule has 2 aromatic carbocycles. The van der Waals surface area contributed by atoms with Gasteiger partial charge in [0.2, 0.25) is 0 Å². The highest BCUT2D eigenvalue weighted by Crippen LogP contribution is 2.29. The summed E-state index contributed by atoms with van der Waals surface area (Å²) in [6.07, 6.45) is 0. The molecule has 0 spiro atoms. The van der Waals surface area contributed by atoms with Gasteiger partial charge in [0, 0.05) is 16.9 Å². The molecule has 108 valence electrons. The molecule has 0 aliphatic rings. The van der Waals surface area contributed by atoms with Crippen LogP contribution in [0.4, 0.5) is 10.1 Å². The number of halogens is 1. The number of phenols is 1. The van der Waals surface area contributed by atoms with Gasteiger partial charge < -0.3 is 16.2 Å². The summed E-state index contributed by atoms with van der Waals surface area (Å²) in [5.74, 6) is -0.892. The van der Waals surface area contributed by atoms with Crippen molar-refractivity contribution in [1.82, 2.24) is 0 Å². The van der Waals surface area contributed by atoms with Crippen LogP contribution in [0, 0.1) is 18.2 Å². The minimum absolute atomic E-state index is 0.00601. The van der Waals surface area contributed by atoms with Gasteiger partial charge in [0.05, 0.1) is 5.56 Å². The highest BCUT2D eigenvalue weighted by molar-refractivity contribution is 6.01. The van der Waals surface area contributed by atoms with E-state index in [4.69, 9.17) is 11.1 Å². The summed E-state index contributed by atoms with van der Waals surface area (Å²) in [7, 11) is 0. The molecule has 0 bridgehead atoms. The van der Waals surface area contributed by atoms with Crippen LogP contribution < -0.4 is 11.1 Å². The van der Waals surface area contributed by atoms with E-state index in [0.29, 0.717) is 11.3 Å². The lowest BCUT2D eigenvalue weighted by atomic mass is 10.1. The number of rotatable bonds is 4. The van der Waals surface area contributed by atoms with Crippen molar-refractivity contribution in [3.05, 3.63) is 65.5 Å². The minimum atomic E-state index is -0.579. The smallest absolute Gasteiger partial charge is 0.136 e. The first-order valence-electron chi connectivity index (χ1n) is 6.29. The molecule has 0 saturated carbocycles. The van der Waals surface area contributed by atoms with Gasteiger partial charge >= 0.3 is 0 Å². The van der Waals surface area contributed by atoms with E-state index in [1.54, 1.807) is 12.1 Å². The van der Waals surface area contributed by atoms with Crippen molar-refractivity contribution in [3.8, 4) is 5.75 Å². The SMILES string of the molecule is C=C(Nc1cc(C)ccc1C(=N)N)c1c(O)cccc1F. The van der Waals surface area contributed by atoms with Crippen LogP contribution in [0.25, 0.3) is 5.70 Å². The monoisotopic (exact) mass is 285 g/mol. The third-order valence-corrected chi connectivity index (χ3v) is 3.04. The summed E-state index contributed by atoms with van der Waals surface area (Å²) in [5.41, 5.74) is 7.69. The molecule has 0 aliphatic carbocycles. The van der Waals surface area contributed by atoms with E-state index in [0.717, 1.165) is 5.56 Å². The van der Waals surface area contributed by atoms with Gasteiger partial charge in [-0.15, -0.1) is 0 Å². The van der Waals surface area contributed by atoms with Crippen molar-refractivity contribution >= 4 is 17.2 Å². The fraction of sp³-hybridized carbons (Fsp3) is 0.0625. The van der Waals surface area contributed by atoms with Crippen LogP contribution >= 0.6 is 0 Å². The molecular weight excluding hydrogens is 269 g/mol. The van der Waals surface area contributed by atoms with Gasteiger partial charge in [-0.2, -0.15) is 0 Å². The third-order valence-electron chi connectivity index (χ3n) is 3.04. The highest BCUT2D eigenvalue weighted by atomic mass is 19.1. The Bertz CT molecular complexity index is 705. The molecule has 0 atom stereocenters. The van der Waals surface area contributed by atoms with Crippen LogP contribution in [0.1, 0.15) is 16.7 Å². The number of amidine groups is 1. The number of phenolic OH excluding ortho intramolecular Hbond substituents is 1. The summed E-state index contributed by atoms with van der Waals surface area (Å²) in [6, 6.07) is 9.34. The Labute approximate surface area is 122 Å². The van der Waals surface area contributed by atoms with E-state index in [-0.39, 0.29) is 22.8 Å². The largest absolute Gasteiger partial charge is 0.507 e. The van der Waals surface area contributed by atoms with E-state index in [1.807, 2.05) is 13.0 Å². The fourth-order valence-electron chi connectivity index (χ4n) is 2.03. The average molecular weight is 285 g/mol. The Morgan fingerprint density at radius 2 is 2.05 bits per heavy atom. The molecule has 0 aromatic heterocycles. The van der Waals surface area contributed by atoms with E-state index in [2.05, 4.69) is 11.9 Å². The number of nitrogens with one attached hydrogen (secondary N) is 2. The molecule has 0 heterocycles. The van der Waals surface area contributed by atoms with Crippen molar-refractivity contribution in [2.45, 2.75) is 6.92 Å². The molecule has 0 saturated heterocycles. The summed E-state index contributed by atoms with van der Waals surface area (Å²) < 4.78 is 13.8. The number of hydrogen-bond donors (Lipinski definition) is 4. The molecule has 0 radical (unpaired) electrons. The van der Waals surface area contributed by atoms with Crippen molar-refractivity contribution < 1.29 is 9.50 Å². The zero-order valence-electron chi connectivity index (χ0n) is 11.6. The predicted molar refractivity (Wildman–Crippen MR) is 82.9 cm³/mol. The van der Waals surface area contributed by atoms with Crippen LogP contribution in [0.2, 0.25) is 0 Å². The number of aryl methyl sites for hydroxylation is 1. The third kappa shape index (κ3) is 3.02. The molecule has 2 rings (SSSR count). The van der Waals surface area contributed by atoms with Crippen molar-refractivity contribution in [2.75, 3.05) is 5.32 Å². The lowest BCUT2D eigenvalue weighted by Gasteiger charge is -2.15. The fourth-order valence-corrected chi connectivity index (χ4v) is 2.03. The standard InChI is InChI=1S/C16H16FN3O/c1-9-6-7-11(16(18)19)13(8-9)20-10(2)15-12(17)4-3-5-14(15)21/h3-8,20-21H,2H2,1H3,(H3,18,19). The lowest BCUT2D eigenvalue weighted by Crippen LogP contribution is -2.14. The normalized spacial score (nSPS) is 10.2. The number of nitrogens with two attached hydrogens (primary N) is 1. The van der Waals surface area contributed by atoms with E-state index >= 15 is 0 Å². The Morgan fingerprint density at radius 3 is 2.67 bits per heavy atom. The van der Waals surface area contributed by atoms with Gasteiger partial charge in [0.1, 0.15) is 17.4 Å². The molecule has 21 heavy (non-hydrogen) atoms. The van der Waals surface area contributed by atoms with Gasteiger partial charge in [-0.1, -0.05) is 18.7 Å². The second kappa shape index (κ2) is 5.66. The van der Waals surface area contributed by atoms with E-state index in [9.17, 15) is 9.50 Å². The second-order valence-corrected chi connectivity index (χ2v) is 4.70. The van der Waals surface area contributed by atoms with Crippen LogP contribution in [0.3, 0.4) is 0 Å². The number of anilines is 1. The minimum Gasteiger partial charge on any atom is -0.507 e. The van der Waals surface area contributed by atoms with E-state index in [1.165, 1.54) is 18.2 Å². The maximum Gasteiger partial charge on any atom is 0.136 e. The lowest BCUT2D eigenvalue weighted by molar-refractivity contribution is 0.466. The number of aromatic hydroxyl groups is 1. The molecule has 4 nitrogen and oxygen atoms in total. The molecular formula is C16H16FN3O. The van der Waals surface area contributed by atoms with Gasteiger partial charge in [-0.05, 0) is 36.8 Å². The Balaban J connectivity index is 2.40. The summed E-state index contributed by atoms with van der Waals surface area (Å²) in [5, 5.41) is 20.2. The average Bonchev–Trinajstić information content (AvgIpc) is 2.38. The van der Waals surface area contributed by atoms with Crippen LogP contribution in [0.5, 0.6) is 5.75 Å². The highest BCUT2D eigenvalue weighted by Gasteiger charge is 2.13. The van der Waals surface area contributed by atoms with Crippen molar-refractivity contribution in [3.63, 3.8) is 0 Å². The number of benzene rings is 2. The number of nitrogen functional groups attached to an aromatic ring is 1. The van der Waals surface area contributed by atoms with Gasteiger partial charge in [0.15, 0.2) is 0 Å². The van der Waals surface area contributed by atoms with Crippen LogP contribution in [-0.4, -0.2) is 10.9 Å². The van der Waals surface area contributed by atoms with Gasteiger partial charge in [-0.25, -0.2) is 4.39 Å². The number of hydrogen-bond acceptors (Lipinski definition) is 3. The second-order valence-electron chi connectivity index (χ2n) is 4.70. The molecule has 0 unspecified atom stereocenters. The maximum absolute atomic E-state index is 13.8. The van der Waals surface area contributed by atoms with Gasteiger partial charge in [0.25, 0.3) is 0 Å². The Kier molecular flexibility index (Phi) is 3.93. The quantitative estimate of drug-likeness (QED) is 0.514.